The number of benzene rings is 1. The summed E-state index contributed by atoms with van der Waals surface area (Å²) in [7, 11) is 0. The molecule has 1 aromatic carbocycles. The number of nitrogen functional groups attached to an aromatic ring is 1. The first-order chi connectivity index (χ1) is 10.1. The second-order valence-electron chi connectivity index (χ2n) is 4.28. The third kappa shape index (κ3) is 2.59. The Kier molecular flexibility index (Phi) is 3.33. The summed E-state index contributed by atoms with van der Waals surface area (Å²) in [6.07, 6.45) is 3.40. The monoisotopic (exact) mass is 298 g/mol. The summed E-state index contributed by atoms with van der Waals surface area (Å²) in [6, 6.07) is 10.1. The van der Waals surface area contributed by atoms with E-state index < -0.39 is 4.92 Å². The Morgan fingerprint density at radius 2 is 2.00 bits per heavy atom. The molecule has 0 spiro atoms. The van der Waals surface area contributed by atoms with Crippen molar-refractivity contribution in [3.63, 3.8) is 0 Å². The number of aromatic nitrogens is 2. The van der Waals surface area contributed by atoms with E-state index in [1.54, 1.807) is 24.5 Å². The van der Waals surface area contributed by atoms with Crippen molar-refractivity contribution in [3.8, 4) is 21.7 Å². The summed E-state index contributed by atoms with van der Waals surface area (Å²) in [4.78, 5) is 19.7. The first-order valence-corrected chi connectivity index (χ1v) is 6.88. The van der Waals surface area contributed by atoms with Gasteiger partial charge in [0.15, 0.2) is 5.13 Å². The van der Waals surface area contributed by atoms with Crippen molar-refractivity contribution in [1.82, 2.24) is 9.97 Å². The molecule has 0 aliphatic heterocycles. The summed E-state index contributed by atoms with van der Waals surface area (Å²) < 4.78 is 0. The molecule has 0 saturated carbocycles. The Balaban J connectivity index is 2.15. The van der Waals surface area contributed by atoms with Crippen LogP contribution in [0, 0.1) is 10.1 Å². The van der Waals surface area contributed by atoms with E-state index in [0.717, 1.165) is 10.4 Å². The molecule has 0 aliphatic rings. The van der Waals surface area contributed by atoms with Gasteiger partial charge in [0.1, 0.15) is 0 Å². The van der Waals surface area contributed by atoms with Gasteiger partial charge in [-0.3, -0.25) is 15.1 Å². The van der Waals surface area contributed by atoms with Gasteiger partial charge in [0, 0.05) is 35.7 Å². The molecule has 0 saturated heterocycles. The van der Waals surface area contributed by atoms with Gasteiger partial charge in [0.05, 0.1) is 15.5 Å². The number of thiazole rings is 1. The molecule has 0 unspecified atom stereocenters. The summed E-state index contributed by atoms with van der Waals surface area (Å²) in [5, 5.41) is 11.3. The number of nitrogens with two attached hydrogens (primary N) is 1. The predicted octanol–water partition coefficient (Wildman–Crippen LogP) is 3.36. The highest BCUT2D eigenvalue weighted by molar-refractivity contribution is 7.19. The van der Waals surface area contributed by atoms with Gasteiger partial charge >= 0.3 is 0 Å². The Hall–Kier alpha value is -2.80. The molecule has 2 heterocycles. The highest BCUT2D eigenvalue weighted by Gasteiger charge is 2.16. The van der Waals surface area contributed by atoms with Crippen LogP contribution in [0.1, 0.15) is 0 Å². The second kappa shape index (κ2) is 5.29. The lowest BCUT2D eigenvalue weighted by molar-refractivity contribution is -0.384. The quantitative estimate of drug-likeness (QED) is 0.591. The number of nitro benzene ring substituents is 1. The average molecular weight is 298 g/mol. The van der Waals surface area contributed by atoms with Crippen LogP contribution in [-0.4, -0.2) is 14.9 Å². The lowest BCUT2D eigenvalue weighted by Gasteiger charge is -2.02. The van der Waals surface area contributed by atoms with E-state index in [-0.39, 0.29) is 5.69 Å². The van der Waals surface area contributed by atoms with E-state index in [9.17, 15) is 10.1 Å². The normalized spacial score (nSPS) is 10.5. The molecule has 6 nitrogen and oxygen atoms in total. The number of nitro groups is 1. The Morgan fingerprint density at radius 1 is 1.19 bits per heavy atom. The van der Waals surface area contributed by atoms with Gasteiger partial charge in [-0.05, 0) is 6.07 Å². The summed E-state index contributed by atoms with van der Waals surface area (Å²) in [5.41, 5.74) is 8.01. The number of hydrogen-bond donors (Lipinski definition) is 1. The van der Waals surface area contributed by atoms with Crippen molar-refractivity contribution in [2.24, 2.45) is 0 Å². The van der Waals surface area contributed by atoms with Crippen molar-refractivity contribution in [2.75, 3.05) is 5.73 Å². The van der Waals surface area contributed by atoms with Crippen LogP contribution in [0.5, 0.6) is 0 Å². The molecular weight excluding hydrogens is 288 g/mol. The van der Waals surface area contributed by atoms with Crippen LogP contribution < -0.4 is 5.73 Å². The van der Waals surface area contributed by atoms with Crippen LogP contribution in [-0.2, 0) is 0 Å². The zero-order chi connectivity index (χ0) is 14.8. The number of non-ortho nitro benzene ring substituents is 1. The minimum absolute atomic E-state index is 0.0243. The van der Waals surface area contributed by atoms with Gasteiger partial charge in [0.25, 0.3) is 5.69 Å². The third-order valence-electron chi connectivity index (χ3n) is 2.90. The van der Waals surface area contributed by atoms with Crippen molar-refractivity contribution >= 4 is 22.2 Å². The lowest BCUT2D eigenvalue weighted by atomic mass is 10.1. The maximum absolute atomic E-state index is 10.9. The fraction of sp³-hybridized carbons (Fsp3) is 0. The van der Waals surface area contributed by atoms with Gasteiger partial charge in [-0.25, -0.2) is 4.98 Å². The highest BCUT2D eigenvalue weighted by atomic mass is 32.1. The minimum atomic E-state index is -0.428. The molecule has 0 amide bonds. The molecule has 0 radical (unpaired) electrons. The van der Waals surface area contributed by atoms with Crippen molar-refractivity contribution in [3.05, 3.63) is 58.9 Å². The van der Waals surface area contributed by atoms with Gasteiger partial charge in [0.2, 0.25) is 0 Å². The zero-order valence-corrected chi connectivity index (χ0v) is 11.6. The van der Waals surface area contributed by atoms with E-state index in [1.807, 2.05) is 12.1 Å². The minimum Gasteiger partial charge on any atom is -0.375 e. The molecule has 0 bridgehead atoms. The third-order valence-corrected chi connectivity index (χ3v) is 3.83. The molecule has 7 heteroatoms. The van der Waals surface area contributed by atoms with Crippen LogP contribution in [0.25, 0.3) is 21.7 Å². The molecule has 3 rings (SSSR count). The topological polar surface area (TPSA) is 94.9 Å². The standard InChI is InChI=1S/C14H10N4O2S/c15-14-17-12(9-3-1-5-11(7-9)18(19)20)13(21-14)10-4-2-6-16-8-10/h1-8H,(H2,15,17). The van der Waals surface area contributed by atoms with Crippen LogP contribution in [0.2, 0.25) is 0 Å². The molecule has 0 aliphatic carbocycles. The average Bonchev–Trinajstić information content (AvgIpc) is 2.90. The number of anilines is 1. The fourth-order valence-electron chi connectivity index (χ4n) is 1.99. The Bertz CT molecular complexity index is 802. The van der Waals surface area contributed by atoms with Gasteiger partial charge < -0.3 is 5.73 Å². The summed E-state index contributed by atoms with van der Waals surface area (Å²) in [6.45, 7) is 0. The van der Waals surface area contributed by atoms with E-state index in [4.69, 9.17) is 5.73 Å². The zero-order valence-electron chi connectivity index (χ0n) is 10.8. The number of hydrogen-bond acceptors (Lipinski definition) is 6. The molecule has 0 fully saturated rings. The van der Waals surface area contributed by atoms with E-state index in [2.05, 4.69) is 9.97 Å². The molecule has 0 atom stereocenters. The highest BCUT2D eigenvalue weighted by Crippen LogP contribution is 2.38. The van der Waals surface area contributed by atoms with Gasteiger partial charge in [-0.2, -0.15) is 0 Å². The number of pyridine rings is 1. The molecule has 21 heavy (non-hydrogen) atoms. The predicted molar refractivity (Wildman–Crippen MR) is 81.8 cm³/mol. The van der Waals surface area contributed by atoms with Crippen molar-refractivity contribution < 1.29 is 4.92 Å². The van der Waals surface area contributed by atoms with Crippen LogP contribution in [0.3, 0.4) is 0 Å². The van der Waals surface area contributed by atoms with Crippen LogP contribution in [0.15, 0.2) is 48.8 Å². The largest absolute Gasteiger partial charge is 0.375 e. The smallest absolute Gasteiger partial charge is 0.270 e. The lowest BCUT2D eigenvalue weighted by Crippen LogP contribution is -1.89. The number of nitrogens with zero attached hydrogens (tertiary/aromatic N) is 3. The number of rotatable bonds is 3. The van der Waals surface area contributed by atoms with E-state index in [0.29, 0.717) is 16.4 Å². The maximum atomic E-state index is 10.9. The van der Waals surface area contributed by atoms with Gasteiger partial charge in [-0.1, -0.05) is 29.5 Å². The van der Waals surface area contributed by atoms with Gasteiger partial charge in [-0.15, -0.1) is 0 Å². The fourth-order valence-corrected chi connectivity index (χ4v) is 2.84. The van der Waals surface area contributed by atoms with Crippen molar-refractivity contribution in [1.29, 1.82) is 0 Å². The SMILES string of the molecule is Nc1nc(-c2cccc([N+](=O)[O-])c2)c(-c2cccnc2)s1. The molecule has 104 valence electrons. The first-order valence-electron chi connectivity index (χ1n) is 6.06. The molecule has 3 aromatic rings. The first kappa shape index (κ1) is 13.2. The molecule has 2 N–H and O–H groups in total. The van der Waals surface area contributed by atoms with Crippen molar-refractivity contribution in [2.45, 2.75) is 0 Å². The summed E-state index contributed by atoms with van der Waals surface area (Å²) in [5.74, 6) is 0. The maximum Gasteiger partial charge on any atom is 0.270 e. The van der Waals surface area contributed by atoms with Crippen LogP contribution >= 0.6 is 11.3 Å². The Labute approximate surface area is 124 Å². The summed E-state index contributed by atoms with van der Waals surface area (Å²) >= 11 is 1.33. The van der Waals surface area contributed by atoms with E-state index in [1.165, 1.54) is 23.5 Å². The molecular formula is C14H10N4O2S. The Morgan fingerprint density at radius 3 is 2.71 bits per heavy atom. The second-order valence-corrected chi connectivity index (χ2v) is 5.31. The molecule has 2 aromatic heterocycles. The van der Waals surface area contributed by atoms with E-state index >= 15 is 0 Å². The van der Waals surface area contributed by atoms with Crippen LogP contribution in [0.4, 0.5) is 10.8 Å².